The van der Waals surface area contributed by atoms with Gasteiger partial charge in [-0.15, -0.1) is 0 Å². The number of imidazole rings is 1. The van der Waals surface area contributed by atoms with Crippen LogP contribution in [0, 0.1) is 0 Å². The van der Waals surface area contributed by atoms with E-state index in [1.54, 1.807) is 7.11 Å². The smallest absolute Gasteiger partial charge is 0.134 e. The maximum atomic E-state index is 5.28. The van der Waals surface area contributed by atoms with E-state index in [4.69, 9.17) is 4.74 Å². The molecule has 1 aliphatic rings. The van der Waals surface area contributed by atoms with Gasteiger partial charge in [-0.3, -0.25) is 0 Å². The molecule has 0 aromatic carbocycles. The molecule has 2 heterocycles. The van der Waals surface area contributed by atoms with Crippen molar-refractivity contribution in [1.29, 1.82) is 0 Å². The summed E-state index contributed by atoms with van der Waals surface area (Å²) < 4.78 is 7.31. The number of hydrogen-bond donors (Lipinski definition) is 0. The molecule has 122 valence electrons. The number of anilines is 1. The molecule has 0 spiro atoms. The van der Waals surface area contributed by atoms with Gasteiger partial charge in [-0.05, 0) is 30.4 Å². The van der Waals surface area contributed by atoms with Gasteiger partial charge in [-0.25, -0.2) is 9.97 Å². The molecule has 0 atom stereocenters. The molecule has 0 bridgehead atoms. The molecule has 0 amide bonds. The first-order chi connectivity index (χ1) is 11.1. The van der Waals surface area contributed by atoms with E-state index in [1.807, 2.05) is 24.1 Å². The van der Waals surface area contributed by atoms with E-state index in [9.17, 15) is 0 Å². The number of aryl methyl sites for hydroxylation is 1. The largest absolute Gasteiger partial charge is 0.380 e. The number of aromatic nitrogens is 3. The van der Waals surface area contributed by atoms with Gasteiger partial charge in [0.15, 0.2) is 0 Å². The number of methoxy groups -OCH3 is 1. The Balaban J connectivity index is 1.96. The zero-order chi connectivity index (χ0) is 16.4. The van der Waals surface area contributed by atoms with Crippen LogP contribution in [0.25, 0.3) is 11.0 Å². The van der Waals surface area contributed by atoms with Crippen molar-refractivity contribution >= 4 is 16.9 Å². The second-order valence-electron chi connectivity index (χ2n) is 6.01. The Hall–Kier alpha value is -2.14. The Bertz CT molecular complexity index is 772. The van der Waals surface area contributed by atoms with Gasteiger partial charge in [-0.2, -0.15) is 0 Å². The lowest BCUT2D eigenvalue weighted by Crippen LogP contribution is -2.21. The number of rotatable bonds is 5. The minimum atomic E-state index is 0.722. The first kappa shape index (κ1) is 15.7. The van der Waals surface area contributed by atoms with Crippen LogP contribution in [0.1, 0.15) is 26.2 Å². The van der Waals surface area contributed by atoms with E-state index in [-0.39, 0.29) is 0 Å². The molecular weight excluding hydrogens is 288 g/mol. The Labute approximate surface area is 137 Å². The molecule has 3 rings (SSSR count). The van der Waals surface area contributed by atoms with Crippen molar-refractivity contribution in [2.45, 2.75) is 26.2 Å². The second-order valence-corrected chi connectivity index (χ2v) is 6.01. The van der Waals surface area contributed by atoms with Crippen molar-refractivity contribution in [1.82, 2.24) is 14.5 Å². The number of ether oxygens (including phenoxy) is 1. The van der Waals surface area contributed by atoms with Gasteiger partial charge < -0.3 is 14.2 Å². The fourth-order valence-corrected chi connectivity index (χ4v) is 3.17. The van der Waals surface area contributed by atoms with Crippen LogP contribution in [-0.4, -0.2) is 35.3 Å². The highest BCUT2D eigenvalue weighted by atomic mass is 16.5. The minimum Gasteiger partial charge on any atom is -0.380 e. The molecule has 0 fully saturated rings. The summed E-state index contributed by atoms with van der Waals surface area (Å²) >= 11 is 0. The Morgan fingerprint density at radius 3 is 2.87 bits per heavy atom. The predicted molar refractivity (Wildman–Crippen MR) is 93.4 cm³/mol. The molecule has 2 aromatic rings. The third kappa shape index (κ3) is 3.01. The van der Waals surface area contributed by atoms with Crippen LogP contribution in [0.4, 0.5) is 5.82 Å². The van der Waals surface area contributed by atoms with Crippen molar-refractivity contribution in [3.8, 4) is 0 Å². The van der Waals surface area contributed by atoms with E-state index < -0.39 is 0 Å². The predicted octanol–water partition coefficient (Wildman–Crippen LogP) is 3.44. The zero-order valence-corrected chi connectivity index (χ0v) is 14.3. The first-order valence-electron chi connectivity index (χ1n) is 8.05. The van der Waals surface area contributed by atoms with E-state index in [0.29, 0.717) is 0 Å². The number of nitrogens with zero attached hydrogens (tertiary/aromatic N) is 4. The van der Waals surface area contributed by atoms with Gasteiger partial charge in [0.2, 0.25) is 0 Å². The van der Waals surface area contributed by atoms with Gasteiger partial charge >= 0.3 is 0 Å². The highest BCUT2D eigenvalue weighted by molar-refractivity contribution is 5.77. The summed E-state index contributed by atoms with van der Waals surface area (Å²) in [4.78, 5) is 11.1. The minimum absolute atomic E-state index is 0.722. The fraction of sp³-hybridized carbons (Fsp3) is 0.444. The van der Waals surface area contributed by atoms with Crippen LogP contribution in [0.5, 0.6) is 0 Å². The van der Waals surface area contributed by atoms with Crippen molar-refractivity contribution in [3.05, 3.63) is 41.5 Å². The Morgan fingerprint density at radius 2 is 2.13 bits per heavy atom. The summed E-state index contributed by atoms with van der Waals surface area (Å²) in [6.45, 7) is 2.92. The molecule has 0 radical (unpaired) electrons. The molecule has 0 aliphatic heterocycles. The summed E-state index contributed by atoms with van der Waals surface area (Å²) in [5.74, 6) is 0.964. The van der Waals surface area contributed by atoms with Gasteiger partial charge in [0.05, 0.1) is 24.6 Å². The average Bonchev–Trinajstić information content (AvgIpc) is 2.95. The molecule has 23 heavy (non-hydrogen) atoms. The van der Waals surface area contributed by atoms with E-state index >= 15 is 0 Å². The van der Waals surface area contributed by atoms with E-state index in [0.717, 1.165) is 42.7 Å². The number of fused-ring (bicyclic) bond motifs is 1. The lowest BCUT2D eigenvalue weighted by molar-refractivity contribution is 0.222. The lowest BCUT2D eigenvalue weighted by Gasteiger charge is -2.28. The fourth-order valence-electron chi connectivity index (χ4n) is 3.17. The maximum Gasteiger partial charge on any atom is 0.134 e. The molecule has 2 aromatic heterocycles. The summed E-state index contributed by atoms with van der Waals surface area (Å²) in [5.41, 5.74) is 6.13. The summed E-state index contributed by atoms with van der Waals surface area (Å²) in [6.07, 6.45) is 9.06. The molecule has 5 heteroatoms. The molecule has 5 nitrogen and oxygen atoms in total. The van der Waals surface area contributed by atoms with Gasteiger partial charge in [0.25, 0.3) is 0 Å². The summed E-state index contributed by atoms with van der Waals surface area (Å²) in [7, 11) is 5.87. The topological polar surface area (TPSA) is 43.2 Å². The van der Waals surface area contributed by atoms with Crippen LogP contribution >= 0.6 is 0 Å². The zero-order valence-electron chi connectivity index (χ0n) is 14.3. The van der Waals surface area contributed by atoms with E-state index in [1.165, 1.54) is 16.8 Å². The van der Waals surface area contributed by atoms with Crippen molar-refractivity contribution in [3.63, 3.8) is 0 Å². The quantitative estimate of drug-likeness (QED) is 0.848. The molecule has 0 saturated heterocycles. The Kier molecular flexibility index (Phi) is 4.48. The van der Waals surface area contributed by atoms with Crippen LogP contribution in [-0.2, 0) is 11.8 Å². The molecule has 0 unspecified atom stereocenters. The highest BCUT2D eigenvalue weighted by Gasteiger charge is 2.18. The number of allylic oxidation sites excluding steroid dienone is 3. The second kappa shape index (κ2) is 6.54. The molecular formula is C18H24N4O. The van der Waals surface area contributed by atoms with Gasteiger partial charge in [0.1, 0.15) is 11.3 Å². The van der Waals surface area contributed by atoms with Crippen molar-refractivity contribution < 1.29 is 4.74 Å². The van der Waals surface area contributed by atoms with E-state index in [2.05, 4.69) is 41.0 Å². The molecule has 0 N–H and O–H groups in total. The number of pyridine rings is 1. The lowest BCUT2D eigenvalue weighted by atomic mass is 9.94. The third-order valence-electron chi connectivity index (χ3n) is 4.49. The monoisotopic (exact) mass is 312 g/mol. The van der Waals surface area contributed by atoms with Crippen LogP contribution < -0.4 is 4.90 Å². The SMILES string of the molecule is CCC1=C(N(C)c2cc3c(cn2)ncn3C)CCC(COC)=C1. The molecule has 1 aliphatic carbocycles. The first-order valence-corrected chi connectivity index (χ1v) is 8.05. The maximum absolute atomic E-state index is 5.28. The van der Waals surface area contributed by atoms with Crippen LogP contribution in [0.15, 0.2) is 41.5 Å². The van der Waals surface area contributed by atoms with Gasteiger partial charge in [-0.1, -0.05) is 13.0 Å². The molecule has 0 saturated carbocycles. The van der Waals surface area contributed by atoms with Crippen molar-refractivity contribution in [2.24, 2.45) is 7.05 Å². The van der Waals surface area contributed by atoms with Crippen LogP contribution in [0.2, 0.25) is 0 Å². The summed E-state index contributed by atoms with van der Waals surface area (Å²) in [5, 5.41) is 0. The number of hydrogen-bond acceptors (Lipinski definition) is 4. The standard InChI is InChI=1S/C18H24N4O/c1-5-14-8-13(11-23-4)6-7-16(14)22(3)18-9-17-15(10-19-18)20-12-21(17)2/h8-10,12H,5-7,11H2,1-4H3. The van der Waals surface area contributed by atoms with Crippen LogP contribution in [0.3, 0.4) is 0 Å². The normalized spacial score (nSPS) is 15.2. The third-order valence-corrected chi connectivity index (χ3v) is 4.49. The van der Waals surface area contributed by atoms with Gasteiger partial charge in [0, 0.05) is 33.0 Å². The highest BCUT2D eigenvalue weighted by Crippen LogP contribution is 2.31. The summed E-state index contributed by atoms with van der Waals surface area (Å²) in [6, 6.07) is 2.11. The average molecular weight is 312 g/mol. The Morgan fingerprint density at radius 1 is 1.30 bits per heavy atom. The van der Waals surface area contributed by atoms with Crippen molar-refractivity contribution in [2.75, 3.05) is 25.7 Å².